The maximum Gasteiger partial charge on any atom is 0.356 e. The van der Waals surface area contributed by atoms with Crippen LogP contribution < -0.4 is 0 Å². The predicted octanol–water partition coefficient (Wildman–Crippen LogP) is 1.44. The van der Waals surface area contributed by atoms with E-state index in [1.165, 1.54) is 6.20 Å². The van der Waals surface area contributed by atoms with Crippen LogP contribution in [-0.4, -0.2) is 44.9 Å². The van der Waals surface area contributed by atoms with Gasteiger partial charge in [0.15, 0.2) is 5.69 Å². The summed E-state index contributed by atoms with van der Waals surface area (Å²) in [7, 11) is 1.70. The lowest BCUT2D eigenvalue weighted by molar-refractivity contribution is 0.0683. The lowest BCUT2D eigenvalue weighted by Crippen LogP contribution is -2.35. The molecule has 1 heterocycles. The SMILES string of the molecule is CCCC(C)N(C)C(=O)c1cnc(C(=O)O)cn1. The number of hydrogen-bond acceptors (Lipinski definition) is 4. The number of rotatable bonds is 5. The van der Waals surface area contributed by atoms with Gasteiger partial charge in [0, 0.05) is 13.1 Å². The first-order valence-electron chi connectivity index (χ1n) is 5.79. The summed E-state index contributed by atoms with van der Waals surface area (Å²) in [5.74, 6) is -1.41. The number of nitrogens with zero attached hydrogens (tertiary/aromatic N) is 3. The summed E-state index contributed by atoms with van der Waals surface area (Å²) >= 11 is 0. The average molecular weight is 251 g/mol. The Morgan fingerprint density at radius 2 is 1.89 bits per heavy atom. The second kappa shape index (κ2) is 6.09. The van der Waals surface area contributed by atoms with Gasteiger partial charge in [0.25, 0.3) is 5.91 Å². The fourth-order valence-corrected chi connectivity index (χ4v) is 1.54. The summed E-state index contributed by atoms with van der Waals surface area (Å²) in [6.45, 7) is 4.01. The van der Waals surface area contributed by atoms with E-state index in [2.05, 4.69) is 16.9 Å². The summed E-state index contributed by atoms with van der Waals surface area (Å²) < 4.78 is 0. The monoisotopic (exact) mass is 251 g/mol. The molecule has 98 valence electrons. The Kier molecular flexibility index (Phi) is 4.76. The Balaban J connectivity index is 2.80. The minimum Gasteiger partial charge on any atom is -0.476 e. The number of aromatic carboxylic acids is 1. The summed E-state index contributed by atoms with van der Waals surface area (Å²) in [5.41, 5.74) is -0.0127. The zero-order chi connectivity index (χ0) is 13.7. The predicted molar refractivity (Wildman–Crippen MR) is 65.5 cm³/mol. The fraction of sp³-hybridized carbons (Fsp3) is 0.500. The van der Waals surface area contributed by atoms with Crippen molar-refractivity contribution in [2.24, 2.45) is 0 Å². The van der Waals surface area contributed by atoms with Gasteiger partial charge < -0.3 is 10.0 Å². The highest BCUT2D eigenvalue weighted by molar-refractivity contribution is 5.92. The first-order valence-corrected chi connectivity index (χ1v) is 5.79. The van der Waals surface area contributed by atoms with Crippen LogP contribution in [0.15, 0.2) is 12.4 Å². The Morgan fingerprint density at radius 3 is 2.33 bits per heavy atom. The van der Waals surface area contributed by atoms with Crippen molar-refractivity contribution in [2.75, 3.05) is 7.05 Å². The smallest absolute Gasteiger partial charge is 0.356 e. The van der Waals surface area contributed by atoms with E-state index in [0.717, 1.165) is 19.0 Å². The number of aromatic nitrogens is 2. The van der Waals surface area contributed by atoms with Gasteiger partial charge in [-0.1, -0.05) is 13.3 Å². The molecule has 0 saturated carbocycles. The number of carboxylic acid groups (broad SMARTS) is 1. The van der Waals surface area contributed by atoms with Crippen LogP contribution in [0.5, 0.6) is 0 Å². The summed E-state index contributed by atoms with van der Waals surface area (Å²) in [4.78, 5) is 31.7. The molecule has 6 nitrogen and oxygen atoms in total. The second-order valence-electron chi connectivity index (χ2n) is 4.15. The normalized spacial score (nSPS) is 11.9. The van der Waals surface area contributed by atoms with E-state index < -0.39 is 5.97 Å². The van der Waals surface area contributed by atoms with Gasteiger partial charge in [-0.3, -0.25) is 4.79 Å². The number of hydrogen-bond donors (Lipinski definition) is 1. The van der Waals surface area contributed by atoms with E-state index in [1.54, 1.807) is 11.9 Å². The third kappa shape index (κ3) is 3.26. The molecule has 1 unspecified atom stereocenters. The molecule has 0 aliphatic rings. The highest BCUT2D eigenvalue weighted by Gasteiger charge is 2.18. The van der Waals surface area contributed by atoms with Crippen LogP contribution in [-0.2, 0) is 0 Å². The Hall–Kier alpha value is -1.98. The van der Waals surface area contributed by atoms with Crippen molar-refractivity contribution < 1.29 is 14.7 Å². The van der Waals surface area contributed by atoms with E-state index in [9.17, 15) is 9.59 Å². The molecule has 1 rings (SSSR count). The third-order valence-corrected chi connectivity index (χ3v) is 2.78. The van der Waals surface area contributed by atoms with Crippen molar-refractivity contribution in [3.8, 4) is 0 Å². The van der Waals surface area contributed by atoms with Crippen LogP contribution in [0.3, 0.4) is 0 Å². The molecule has 0 saturated heterocycles. The van der Waals surface area contributed by atoms with E-state index in [-0.39, 0.29) is 23.3 Å². The lowest BCUT2D eigenvalue weighted by atomic mass is 10.1. The van der Waals surface area contributed by atoms with Crippen molar-refractivity contribution in [1.29, 1.82) is 0 Å². The number of carboxylic acids is 1. The molecule has 18 heavy (non-hydrogen) atoms. The van der Waals surface area contributed by atoms with Crippen molar-refractivity contribution in [3.63, 3.8) is 0 Å². The molecule has 0 fully saturated rings. The molecule has 1 N–H and O–H groups in total. The maximum atomic E-state index is 12.0. The average Bonchev–Trinajstić information content (AvgIpc) is 2.37. The minimum atomic E-state index is -1.16. The molecule has 0 aliphatic heterocycles. The highest BCUT2D eigenvalue weighted by atomic mass is 16.4. The van der Waals surface area contributed by atoms with Crippen molar-refractivity contribution in [3.05, 3.63) is 23.8 Å². The first kappa shape index (κ1) is 14.1. The molecule has 0 aliphatic carbocycles. The van der Waals surface area contributed by atoms with Gasteiger partial charge in [0.05, 0.1) is 12.4 Å². The van der Waals surface area contributed by atoms with Crippen LogP contribution in [0.1, 0.15) is 47.7 Å². The summed E-state index contributed by atoms with van der Waals surface area (Å²) in [5, 5.41) is 8.68. The molecule has 6 heteroatoms. The fourth-order valence-electron chi connectivity index (χ4n) is 1.54. The number of amides is 1. The number of carbonyl (C=O) groups is 2. The largest absolute Gasteiger partial charge is 0.476 e. The van der Waals surface area contributed by atoms with E-state index in [4.69, 9.17) is 5.11 Å². The molecule has 1 amide bonds. The molecule has 0 radical (unpaired) electrons. The van der Waals surface area contributed by atoms with E-state index in [1.807, 2.05) is 6.92 Å². The van der Waals surface area contributed by atoms with E-state index >= 15 is 0 Å². The van der Waals surface area contributed by atoms with Crippen molar-refractivity contribution >= 4 is 11.9 Å². The zero-order valence-electron chi connectivity index (χ0n) is 10.8. The second-order valence-corrected chi connectivity index (χ2v) is 4.15. The Labute approximate surface area is 106 Å². The van der Waals surface area contributed by atoms with Crippen LogP contribution in [0.4, 0.5) is 0 Å². The van der Waals surface area contributed by atoms with Gasteiger partial charge in [0.1, 0.15) is 5.69 Å². The zero-order valence-corrected chi connectivity index (χ0v) is 10.8. The highest BCUT2D eigenvalue weighted by Crippen LogP contribution is 2.08. The van der Waals surface area contributed by atoms with Gasteiger partial charge in [-0.2, -0.15) is 0 Å². The van der Waals surface area contributed by atoms with Gasteiger partial charge in [0.2, 0.25) is 0 Å². The first-order chi connectivity index (χ1) is 8.47. The molecule has 1 aromatic rings. The molecular formula is C12H17N3O3. The number of carbonyl (C=O) groups excluding carboxylic acids is 1. The van der Waals surface area contributed by atoms with Crippen molar-refractivity contribution in [2.45, 2.75) is 32.7 Å². The molecule has 0 spiro atoms. The quantitative estimate of drug-likeness (QED) is 0.856. The summed E-state index contributed by atoms with van der Waals surface area (Å²) in [6, 6.07) is 0.114. The van der Waals surface area contributed by atoms with E-state index in [0.29, 0.717) is 0 Å². The van der Waals surface area contributed by atoms with Gasteiger partial charge >= 0.3 is 5.97 Å². The Morgan fingerprint density at radius 1 is 1.33 bits per heavy atom. The topological polar surface area (TPSA) is 83.4 Å². The van der Waals surface area contributed by atoms with Gasteiger partial charge in [-0.05, 0) is 13.3 Å². The molecule has 1 atom stereocenters. The van der Waals surface area contributed by atoms with Crippen LogP contribution >= 0.6 is 0 Å². The van der Waals surface area contributed by atoms with Crippen LogP contribution in [0.25, 0.3) is 0 Å². The molecule has 0 bridgehead atoms. The van der Waals surface area contributed by atoms with Crippen LogP contribution in [0.2, 0.25) is 0 Å². The molecule has 1 aromatic heterocycles. The van der Waals surface area contributed by atoms with Crippen molar-refractivity contribution in [1.82, 2.24) is 14.9 Å². The standard InChI is InChI=1S/C12H17N3O3/c1-4-5-8(2)15(3)11(16)9-6-14-10(7-13-9)12(17)18/h6-8H,4-5H2,1-3H3,(H,17,18). The third-order valence-electron chi connectivity index (χ3n) is 2.78. The lowest BCUT2D eigenvalue weighted by Gasteiger charge is -2.24. The minimum absolute atomic E-state index is 0.114. The Bertz CT molecular complexity index is 431. The molecular weight excluding hydrogens is 234 g/mol. The maximum absolute atomic E-state index is 12.0. The van der Waals surface area contributed by atoms with Crippen LogP contribution in [0, 0.1) is 0 Å². The van der Waals surface area contributed by atoms with Gasteiger partial charge in [-0.25, -0.2) is 14.8 Å². The molecule has 0 aromatic carbocycles. The van der Waals surface area contributed by atoms with Gasteiger partial charge in [-0.15, -0.1) is 0 Å². The summed E-state index contributed by atoms with van der Waals surface area (Å²) in [6.07, 6.45) is 4.18.